The molecule has 0 aliphatic rings. The van der Waals surface area contributed by atoms with Gasteiger partial charge in [-0.1, -0.05) is 0 Å². The molecule has 0 aliphatic carbocycles. The molecule has 0 amide bonds. The lowest BCUT2D eigenvalue weighted by molar-refractivity contribution is -0.596. The Morgan fingerprint density at radius 2 is 0.789 bits per heavy atom. The van der Waals surface area contributed by atoms with Gasteiger partial charge in [-0.15, -0.1) is 0 Å². The molecule has 6 rings (SSSR count). The smallest absolute Gasteiger partial charge is 0.211 e. The van der Waals surface area contributed by atoms with E-state index in [1.54, 1.807) is 36.9 Å². The molecular formula is C32H24N4O2+2. The van der Waals surface area contributed by atoms with E-state index >= 15 is 0 Å². The van der Waals surface area contributed by atoms with Crippen LogP contribution in [0.4, 0.5) is 0 Å². The van der Waals surface area contributed by atoms with E-state index in [0.717, 1.165) is 44.8 Å². The molecule has 0 unspecified atom stereocenters. The predicted molar refractivity (Wildman–Crippen MR) is 145 cm³/mol. The van der Waals surface area contributed by atoms with E-state index in [1.807, 2.05) is 82.5 Å². The summed E-state index contributed by atoms with van der Waals surface area (Å²) in [6, 6.07) is 26.9. The van der Waals surface area contributed by atoms with Crippen molar-refractivity contribution in [1.82, 2.24) is 9.97 Å². The SMILES string of the molecule is Oc1ccc(-[n+]2ccc(-c3cc[n+](-c4ccc(O)c(-c5ccncc5)c4)cc3)cc2)cc1-c1ccncc1. The van der Waals surface area contributed by atoms with Gasteiger partial charge < -0.3 is 10.2 Å². The minimum Gasteiger partial charge on any atom is -0.507 e. The molecular weight excluding hydrogens is 472 g/mol. The highest BCUT2D eigenvalue weighted by Gasteiger charge is 2.14. The van der Waals surface area contributed by atoms with Gasteiger partial charge in [-0.3, -0.25) is 9.97 Å². The summed E-state index contributed by atoms with van der Waals surface area (Å²) in [4.78, 5) is 8.12. The summed E-state index contributed by atoms with van der Waals surface area (Å²) in [5, 5.41) is 20.7. The molecule has 2 aromatic carbocycles. The minimum atomic E-state index is 0.233. The van der Waals surface area contributed by atoms with Gasteiger partial charge in [0, 0.05) is 84.4 Å². The highest BCUT2D eigenvalue weighted by molar-refractivity contribution is 5.72. The summed E-state index contributed by atoms with van der Waals surface area (Å²) in [7, 11) is 0. The largest absolute Gasteiger partial charge is 0.507 e. The van der Waals surface area contributed by atoms with Crippen LogP contribution in [0, 0.1) is 0 Å². The Hall–Kier alpha value is -5.36. The Bertz CT molecular complexity index is 1570. The van der Waals surface area contributed by atoms with Crippen molar-refractivity contribution < 1.29 is 19.3 Å². The van der Waals surface area contributed by atoms with E-state index in [0.29, 0.717) is 0 Å². The normalized spacial score (nSPS) is 10.8. The molecule has 4 aromatic heterocycles. The summed E-state index contributed by atoms with van der Waals surface area (Å²) >= 11 is 0. The molecule has 0 spiro atoms. The Morgan fingerprint density at radius 3 is 1.16 bits per heavy atom. The molecule has 2 N–H and O–H groups in total. The van der Waals surface area contributed by atoms with Crippen LogP contribution in [0.25, 0.3) is 44.8 Å². The summed E-state index contributed by atoms with van der Waals surface area (Å²) in [6.45, 7) is 0. The molecule has 0 radical (unpaired) electrons. The number of phenols is 2. The predicted octanol–water partition coefficient (Wildman–Crippen LogP) is 5.44. The van der Waals surface area contributed by atoms with Gasteiger partial charge in [0.05, 0.1) is 0 Å². The third kappa shape index (κ3) is 4.58. The van der Waals surface area contributed by atoms with Crippen LogP contribution in [-0.2, 0) is 0 Å². The van der Waals surface area contributed by atoms with Crippen molar-refractivity contribution in [3.8, 4) is 56.3 Å². The monoisotopic (exact) mass is 496 g/mol. The molecule has 0 saturated heterocycles. The standard InChI is InChI=1S/C32H22N4O2/c37-31-3-1-27(21-29(31)25-5-13-33-14-6-25)35-17-9-23(10-18-35)24-11-19-36(20-12-24)28-2-4-32(38)30(22-28)26-7-15-34-16-8-26/h1-22H/p+2. The zero-order chi connectivity index (χ0) is 25.9. The van der Waals surface area contributed by atoms with Crippen LogP contribution in [0.1, 0.15) is 0 Å². The van der Waals surface area contributed by atoms with Crippen molar-refractivity contribution in [3.63, 3.8) is 0 Å². The maximum atomic E-state index is 10.4. The highest BCUT2D eigenvalue weighted by Crippen LogP contribution is 2.31. The maximum absolute atomic E-state index is 10.4. The van der Waals surface area contributed by atoms with Crippen molar-refractivity contribution in [2.45, 2.75) is 0 Å². The number of hydrogen-bond acceptors (Lipinski definition) is 4. The van der Waals surface area contributed by atoms with Gasteiger partial charge in [0.15, 0.2) is 24.8 Å². The van der Waals surface area contributed by atoms with Crippen LogP contribution in [0.15, 0.2) is 135 Å². The molecule has 6 nitrogen and oxygen atoms in total. The molecule has 182 valence electrons. The van der Waals surface area contributed by atoms with Crippen molar-refractivity contribution in [2.75, 3.05) is 0 Å². The van der Waals surface area contributed by atoms with Crippen LogP contribution in [-0.4, -0.2) is 20.2 Å². The number of pyridine rings is 4. The van der Waals surface area contributed by atoms with Gasteiger partial charge in [-0.2, -0.15) is 9.13 Å². The van der Waals surface area contributed by atoms with Crippen molar-refractivity contribution in [3.05, 3.63) is 135 Å². The second-order valence-corrected chi connectivity index (χ2v) is 8.86. The van der Waals surface area contributed by atoms with E-state index in [2.05, 4.69) is 34.2 Å². The summed E-state index contributed by atoms with van der Waals surface area (Å²) < 4.78 is 4.04. The van der Waals surface area contributed by atoms with E-state index in [9.17, 15) is 10.2 Å². The Kier molecular flexibility index (Phi) is 6.04. The molecule has 0 fully saturated rings. The summed E-state index contributed by atoms with van der Waals surface area (Å²) in [6.07, 6.45) is 14.9. The Labute approximate surface area is 220 Å². The summed E-state index contributed by atoms with van der Waals surface area (Å²) in [5.41, 5.74) is 7.42. The maximum Gasteiger partial charge on any atom is 0.211 e. The molecule has 0 atom stereocenters. The van der Waals surface area contributed by atoms with Crippen molar-refractivity contribution in [2.24, 2.45) is 0 Å². The second kappa shape index (κ2) is 9.95. The van der Waals surface area contributed by atoms with Crippen LogP contribution in [0.3, 0.4) is 0 Å². The lowest BCUT2D eigenvalue weighted by Gasteiger charge is -2.06. The molecule has 4 heterocycles. The number of aromatic hydroxyl groups is 2. The zero-order valence-corrected chi connectivity index (χ0v) is 20.4. The molecule has 6 heteroatoms. The first-order chi connectivity index (χ1) is 18.7. The topological polar surface area (TPSA) is 74.0 Å². The van der Waals surface area contributed by atoms with Gasteiger partial charge in [0.25, 0.3) is 0 Å². The number of rotatable bonds is 5. The average molecular weight is 497 g/mol. The van der Waals surface area contributed by atoms with Crippen molar-refractivity contribution in [1.29, 1.82) is 0 Å². The highest BCUT2D eigenvalue weighted by atomic mass is 16.3. The number of phenolic OH excluding ortho intramolecular Hbond substituents is 2. The van der Waals surface area contributed by atoms with E-state index < -0.39 is 0 Å². The molecule has 6 aromatic rings. The van der Waals surface area contributed by atoms with Crippen LogP contribution < -0.4 is 9.13 Å². The fraction of sp³-hybridized carbons (Fsp3) is 0. The number of benzene rings is 2. The van der Waals surface area contributed by atoms with Gasteiger partial charge >= 0.3 is 0 Å². The van der Waals surface area contributed by atoms with Crippen LogP contribution in [0.5, 0.6) is 11.5 Å². The Balaban J connectivity index is 1.25. The first-order valence-electron chi connectivity index (χ1n) is 12.2. The lowest BCUT2D eigenvalue weighted by Crippen LogP contribution is -2.29. The number of hydrogen-bond donors (Lipinski definition) is 2. The van der Waals surface area contributed by atoms with Gasteiger partial charge in [0.2, 0.25) is 11.4 Å². The molecule has 0 saturated carbocycles. The first-order valence-corrected chi connectivity index (χ1v) is 12.2. The van der Waals surface area contributed by atoms with Gasteiger partial charge in [-0.25, -0.2) is 0 Å². The Morgan fingerprint density at radius 1 is 0.421 bits per heavy atom. The third-order valence-corrected chi connectivity index (χ3v) is 6.53. The van der Waals surface area contributed by atoms with Gasteiger partial charge in [-0.05, 0) is 58.7 Å². The molecule has 0 bridgehead atoms. The number of aromatic nitrogens is 4. The first kappa shape index (κ1) is 23.1. The fourth-order valence-corrected chi connectivity index (χ4v) is 4.48. The minimum absolute atomic E-state index is 0.233. The van der Waals surface area contributed by atoms with E-state index in [1.165, 1.54) is 0 Å². The van der Waals surface area contributed by atoms with Crippen LogP contribution in [0.2, 0.25) is 0 Å². The number of nitrogens with zero attached hydrogens (tertiary/aromatic N) is 4. The molecule has 0 aliphatic heterocycles. The lowest BCUT2D eigenvalue weighted by atomic mass is 10.0. The van der Waals surface area contributed by atoms with E-state index in [-0.39, 0.29) is 11.5 Å². The quantitative estimate of drug-likeness (QED) is 0.312. The fourth-order valence-electron chi connectivity index (χ4n) is 4.48. The summed E-state index contributed by atoms with van der Waals surface area (Å²) in [5.74, 6) is 0.465. The van der Waals surface area contributed by atoms with Gasteiger partial charge in [0.1, 0.15) is 11.5 Å². The molecule has 38 heavy (non-hydrogen) atoms. The van der Waals surface area contributed by atoms with Crippen LogP contribution >= 0.6 is 0 Å². The van der Waals surface area contributed by atoms with E-state index in [4.69, 9.17) is 0 Å². The third-order valence-electron chi connectivity index (χ3n) is 6.53. The zero-order valence-electron chi connectivity index (χ0n) is 20.4. The average Bonchev–Trinajstić information content (AvgIpc) is 2.99. The second-order valence-electron chi connectivity index (χ2n) is 8.86. The van der Waals surface area contributed by atoms with Crippen molar-refractivity contribution >= 4 is 0 Å².